The third-order valence-corrected chi connectivity index (χ3v) is 4.27. The molecule has 0 radical (unpaired) electrons. The van der Waals surface area contributed by atoms with Crippen LogP contribution in [0.2, 0.25) is 0 Å². The van der Waals surface area contributed by atoms with Gasteiger partial charge in [-0.2, -0.15) is 0 Å². The molecule has 3 rings (SSSR count). The Hall–Kier alpha value is -2.02. The van der Waals surface area contributed by atoms with Gasteiger partial charge in [0, 0.05) is 16.9 Å². The quantitative estimate of drug-likeness (QED) is 0.664. The molecule has 3 heteroatoms. The molecule has 114 valence electrons. The number of nitrogens with one attached hydrogen (secondary N) is 1. The lowest BCUT2D eigenvalue weighted by molar-refractivity contribution is 0.470. The van der Waals surface area contributed by atoms with E-state index in [1.54, 1.807) is 6.07 Å². The van der Waals surface area contributed by atoms with Crippen molar-refractivity contribution in [2.75, 3.05) is 13.6 Å². The Morgan fingerprint density at radius 1 is 1.27 bits per heavy atom. The highest BCUT2D eigenvalue weighted by molar-refractivity contribution is 7.09. The normalized spacial score (nSPS) is 11.5. The molecule has 2 nitrogen and oxygen atoms in total. The topological polar surface area (TPSA) is 32.3 Å². The van der Waals surface area contributed by atoms with Crippen LogP contribution in [0, 0.1) is 11.8 Å². The van der Waals surface area contributed by atoms with Crippen LogP contribution < -0.4 is 5.32 Å². The molecule has 22 heavy (non-hydrogen) atoms. The van der Waals surface area contributed by atoms with Crippen molar-refractivity contribution in [1.82, 2.24) is 5.32 Å². The van der Waals surface area contributed by atoms with Crippen LogP contribution in [0.3, 0.4) is 0 Å². The maximum atomic E-state index is 9.48. The lowest BCUT2D eigenvalue weighted by Gasteiger charge is -2.03. The van der Waals surface area contributed by atoms with E-state index in [-0.39, 0.29) is 0 Å². The van der Waals surface area contributed by atoms with E-state index < -0.39 is 0 Å². The van der Waals surface area contributed by atoms with Gasteiger partial charge in [-0.3, -0.25) is 0 Å². The van der Waals surface area contributed by atoms with Gasteiger partial charge < -0.3 is 10.4 Å². The number of thiophene rings is 1. The highest BCUT2D eigenvalue weighted by atomic mass is 32.1. The van der Waals surface area contributed by atoms with Crippen molar-refractivity contribution in [1.29, 1.82) is 0 Å². The molecule has 0 aliphatic heterocycles. The summed E-state index contributed by atoms with van der Waals surface area (Å²) in [7, 11) is 1.99. The second-order valence-corrected chi connectivity index (χ2v) is 5.99. The third kappa shape index (κ3) is 5.07. The van der Waals surface area contributed by atoms with E-state index >= 15 is 0 Å². The molecule has 0 amide bonds. The van der Waals surface area contributed by atoms with E-state index in [4.69, 9.17) is 0 Å². The Balaban J connectivity index is 0.000000164. The van der Waals surface area contributed by atoms with Gasteiger partial charge in [0.15, 0.2) is 0 Å². The van der Waals surface area contributed by atoms with Gasteiger partial charge in [0.25, 0.3) is 0 Å². The maximum absolute atomic E-state index is 9.48. The van der Waals surface area contributed by atoms with Crippen LogP contribution in [0.5, 0.6) is 5.75 Å². The van der Waals surface area contributed by atoms with Gasteiger partial charge in [0.1, 0.15) is 5.75 Å². The zero-order valence-corrected chi connectivity index (χ0v) is 13.6. The Bertz CT molecular complexity index is 662. The molecular weight excluding hydrogens is 290 g/mol. The van der Waals surface area contributed by atoms with Gasteiger partial charge in [-0.25, -0.2) is 0 Å². The Labute approximate surface area is 136 Å². The molecule has 2 N–H and O–H groups in total. The van der Waals surface area contributed by atoms with Crippen LogP contribution in [-0.4, -0.2) is 18.7 Å². The first kappa shape index (κ1) is 16.4. The summed E-state index contributed by atoms with van der Waals surface area (Å²) in [5, 5.41) is 14.7. The predicted octanol–water partition coefficient (Wildman–Crippen LogP) is 3.87. The van der Waals surface area contributed by atoms with Crippen molar-refractivity contribution in [3.8, 4) is 17.6 Å². The highest BCUT2D eigenvalue weighted by Gasteiger charge is 2.04. The minimum absolute atomic E-state index is 0.341. The highest BCUT2D eigenvalue weighted by Crippen LogP contribution is 2.23. The van der Waals surface area contributed by atoms with Crippen molar-refractivity contribution in [3.63, 3.8) is 0 Å². The van der Waals surface area contributed by atoms with Crippen LogP contribution in [0.1, 0.15) is 22.4 Å². The average Bonchev–Trinajstić information content (AvgIpc) is 2.92. The fourth-order valence-corrected chi connectivity index (χ4v) is 2.92. The lowest BCUT2D eigenvalue weighted by atomic mass is 10.0. The molecule has 1 aliphatic carbocycles. The van der Waals surface area contributed by atoms with Gasteiger partial charge >= 0.3 is 0 Å². The van der Waals surface area contributed by atoms with Crippen LogP contribution in [0.15, 0.2) is 41.8 Å². The molecule has 0 bridgehead atoms. The Morgan fingerprint density at radius 2 is 2.18 bits per heavy atom. The zero-order chi connectivity index (χ0) is 15.6. The summed E-state index contributed by atoms with van der Waals surface area (Å²) in [6.07, 6.45) is 6.84. The molecule has 0 saturated carbocycles. The maximum Gasteiger partial charge on any atom is 0.120 e. The number of hydrogen-bond acceptors (Lipinski definition) is 3. The summed E-state index contributed by atoms with van der Waals surface area (Å²) in [6, 6.07) is 9.81. The molecule has 0 spiro atoms. The number of rotatable bonds is 4. The molecule has 1 aromatic heterocycles. The number of fused-ring (bicyclic) bond motifs is 1. The standard InChI is InChI=1S/C11H8O.C8H13NS/c12-11-8-4-6-9-5-2-1-3-7-10(9)11;1-9-6-2-4-8-5-3-7-10-8/h2,4-6,8,12H,7H2;3,5,7,9H,2,4,6H2,1H3. The first-order valence-corrected chi connectivity index (χ1v) is 8.32. The SMILES string of the molecule is CNCCCc1cccs1.Oc1cccc2c1CC#CC=C2. The summed E-state index contributed by atoms with van der Waals surface area (Å²) in [5.74, 6) is 6.17. The van der Waals surface area contributed by atoms with Gasteiger partial charge in [-0.1, -0.05) is 30.0 Å². The fraction of sp³-hybridized carbons (Fsp3) is 0.263. The largest absolute Gasteiger partial charge is 0.508 e. The molecular formula is C19H21NOS. The first-order valence-electron chi connectivity index (χ1n) is 7.44. The summed E-state index contributed by atoms with van der Waals surface area (Å²) >= 11 is 1.85. The monoisotopic (exact) mass is 311 g/mol. The zero-order valence-electron chi connectivity index (χ0n) is 12.8. The van der Waals surface area contributed by atoms with Crippen molar-refractivity contribution < 1.29 is 5.11 Å². The van der Waals surface area contributed by atoms with Gasteiger partial charge in [0.2, 0.25) is 0 Å². The van der Waals surface area contributed by atoms with E-state index in [9.17, 15) is 5.11 Å². The fourth-order valence-electron chi connectivity index (χ4n) is 2.16. The van der Waals surface area contributed by atoms with E-state index in [1.165, 1.54) is 17.7 Å². The van der Waals surface area contributed by atoms with E-state index in [0.717, 1.165) is 17.7 Å². The number of phenols is 1. The number of allylic oxidation sites excluding steroid dienone is 1. The summed E-state index contributed by atoms with van der Waals surface area (Å²) in [6.45, 7) is 1.12. The molecule has 2 aromatic rings. The minimum Gasteiger partial charge on any atom is -0.508 e. The molecule has 0 saturated heterocycles. The second-order valence-electron chi connectivity index (χ2n) is 4.96. The molecule has 1 aromatic carbocycles. The number of benzene rings is 1. The molecule has 0 atom stereocenters. The van der Waals surface area contributed by atoms with E-state index in [1.807, 2.05) is 42.7 Å². The van der Waals surface area contributed by atoms with Crippen molar-refractivity contribution in [2.24, 2.45) is 0 Å². The van der Waals surface area contributed by atoms with Crippen LogP contribution in [-0.2, 0) is 12.8 Å². The Kier molecular flexibility index (Phi) is 6.76. The first-order chi connectivity index (χ1) is 10.8. The number of aromatic hydroxyl groups is 1. The number of aryl methyl sites for hydroxylation is 1. The lowest BCUT2D eigenvalue weighted by Crippen LogP contribution is -2.07. The van der Waals surface area contributed by atoms with Gasteiger partial charge in [-0.15, -0.1) is 11.3 Å². The summed E-state index contributed by atoms with van der Waals surface area (Å²) < 4.78 is 0. The van der Waals surface area contributed by atoms with Gasteiger partial charge in [0.05, 0.1) is 0 Å². The molecule has 1 heterocycles. The van der Waals surface area contributed by atoms with Crippen molar-refractivity contribution >= 4 is 17.4 Å². The van der Waals surface area contributed by atoms with E-state index in [2.05, 4.69) is 34.7 Å². The van der Waals surface area contributed by atoms with Crippen LogP contribution >= 0.6 is 11.3 Å². The smallest absolute Gasteiger partial charge is 0.120 e. The number of phenolic OH excluding ortho intramolecular Hbond substituents is 1. The van der Waals surface area contributed by atoms with E-state index in [0.29, 0.717) is 12.2 Å². The number of hydrogen-bond donors (Lipinski definition) is 2. The van der Waals surface area contributed by atoms with Crippen molar-refractivity contribution in [2.45, 2.75) is 19.3 Å². The Morgan fingerprint density at radius 3 is 2.95 bits per heavy atom. The minimum atomic E-state index is 0.341. The summed E-state index contributed by atoms with van der Waals surface area (Å²) in [4.78, 5) is 1.50. The van der Waals surface area contributed by atoms with Crippen molar-refractivity contribution in [3.05, 3.63) is 57.8 Å². The molecule has 0 fully saturated rings. The van der Waals surface area contributed by atoms with Crippen LogP contribution in [0.25, 0.3) is 6.08 Å². The molecule has 1 aliphatic rings. The van der Waals surface area contributed by atoms with Gasteiger partial charge in [-0.05, 0) is 61.7 Å². The molecule has 0 unspecified atom stereocenters. The average molecular weight is 311 g/mol. The van der Waals surface area contributed by atoms with Crippen LogP contribution in [0.4, 0.5) is 0 Å². The predicted molar refractivity (Wildman–Crippen MR) is 95.2 cm³/mol. The summed E-state index contributed by atoms with van der Waals surface area (Å²) in [5.41, 5.74) is 1.98. The third-order valence-electron chi connectivity index (χ3n) is 3.33. The second kappa shape index (κ2) is 9.09.